The average molecular weight is 340 g/mol. The van der Waals surface area contributed by atoms with E-state index in [1.165, 1.54) is 10.0 Å². The lowest BCUT2D eigenvalue weighted by atomic mass is 9.76. The van der Waals surface area contributed by atoms with Crippen LogP contribution in [0.1, 0.15) is 32.8 Å². The van der Waals surface area contributed by atoms with E-state index < -0.39 is 0 Å². The first-order valence-electron chi connectivity index (χ1n) is 7.59. The van der Waals surface area contributed by atoms with E-state index in [1.54, 1.807) is 0 Å². The monoisotopic (exact) mass is 339 g/mol. The zero-order valence-electron chi connectivity index (χ0n) is 12.8. The molecule has 1 aliphatic rings. The number of nitrogens with one attached hydrogen (secondary N) is 1. The predicted molar refractivity (Wildman–Crippen MR) is 88.0 cm³/mol. The molecule has 0 saturated carbocycles. The van der Waals surface area contributed by atoms with Gasteiger partial charge in [0.05, 0.1) is 6.10 Å². The van der Waals surface area contributed by atoms with Gasteiger partial charge in [0, 0.05) is 23.0 Å². The van der Waals surface area contributed by atoms with Gasteiger partial charge in [0.1, 0.15) is 0 Å². The van der Waals surface area contributed by atoms with Crippen molar-refractivity contribution in [1.29, 1.82) is 0 Å². The lowest BCUT2D eigenvalue weighted by Crippen LogP contribution is -2.42. The van der Waals surface area contributed by atoms with Crippen LogP contribution in [-0.4, -0.2) is 25.8 Å². The Kier molecular flexibility index (Phi) is 5.65. The quantitative estimate of drug-likeness (QED) is 0.844. The van der Waals surface area contributed by atoms with Crippen molar-refractivity contribution in [2.75, 3.05) is 19.7 Å². The molecule has 2 rings (SSSR count). The second-order valence-corrected chi connectivity index (χ2v) is 7.27. The van der Waals surface area contributed by atoms with Crippen molar-refractivity contribution >= 4 is 15.9 Å². The SMILES string of the molecule is CC(C)CNCC1(Cc2ccccc2Br)CCOC1C. The summed E-state index contributed by atoms with van der Waals surface area (Å²) in [6.07, 6.45) is 2.52. The summed E-state index contributed by atoms with van der Waals surface area (Å²) in [4.78, 5) is 0. The maximum absolute atomic E-state index is 5.88. The largest absolute Gasteiger partial charge is 0.378 e. The molecule has 1 heterocycles. The third-order valence-corrected chi connectivity index (χ3v) is 5.13. The topological polar surface area (TPSA) is 21.3 Å². The molecule has 2 nitrogen and oxygen atoms in total. The molecule has 3 heteroatoms. The summed E-state index contributed by atoms with van der Waals surface area (Å²) >= 11 is 3.68. The molecule has 112 valence electrons. The van der Waals surface area contributed by atoms with E-state index in [-0.39, 0.29) is 5.41 Å². The highest BCUT2D eigenvalue weighted by Gasteiger charge is 2.41. The van der Waals surface area contributed by atoms with E-state index in [4.69, 9.17) is 4.74 Å². The smallest absolute Gasteiger partial charge is 0.0619 e. The van der Waals surface area contributed by atoms with Gasteiger partial charge in [0.15, 0.2) is 0 Å². The number of halogens is 1. The van der Waals surface area contributed by atoms with Gasteiger partial charge < -0.3 is 10.1 Å². The molecule has 2 atom stereocenters. The number of ether oxygens (including phenoxy) is 1. The molecule has 1 aromatic rings. The Bertz CT molecular complexity index is 435. The van der Waals surface area contributed by atoms with Crippen LogP contribution in [0.25, 0.3) is 0 Å². The van der Waals surface area contributed by atoms with E-state index in [0.29, 0.717) is 12.0 Å². The van der Waals surface area contributed by atoms with E-state index in [0.717, 1.165) is 32.5 Å². The molecule has 0 spiro atoms. The van der Waals surface area contributed by atoms with E-state index >= 15 is 0 Å². The molecule has 1 saturated heterocycles. The number of hydrogen-bond donors (Lipinski definition) is 1. The van der Waals surface area contributed by atoms with Gasteiger partial charge in [-0.2, -0.15) is 0 Å². The van der Waals surface area contributed by atoms with Crippen LogP contribution in [0.5, 0.6) is 0 Å². The molecule has 20 heavy (non-hydrogen) atoms. The summed E-state index contributed by atoms with van der Waals surface area (Å²) in [6.45, 7) is 9.72. The molecule has 1 aliphatic heterocycles. The fraction of sp³-hybridized carbons (Fsp3) is 0.647. The average Bonchev–Trinajstić information content (AvgIpc) is 2.74. The van der Waals surface area contributed by atoms with Crippen LogP contribution < -0.4 is 5.32 Å². The fourth-order valence-electron chi connectivity index (χ4n) is 2.98. The van der Waals surface area contributed by atoms with Crippen molar-refractivity contribution in [2.45, 2.75) is 39.7 Å². The molecular formula is C17H26BrNO. The Morgan fingerprint density at radius 2 is 2.15 bits per heavy atom. The highest BCUT2D eigenvalue weighted by Crippen LogP contribution is 2.39. The number of benzene rings is 1. The molecule has 2 unspecified atom stereocenters. The third kappa shape index (κ3) is 3.84. The number of rotatable bonds is 6. The van der Waals surface area contributed by atoms with Crippen LogP contribution in [-0.2, 0) is 11.2 Å². The van der Waals surface area contributed by atoms with Gasteiger partial charge in [-0.3, -0.25) is 0 Å². The zero-order chi connectivity index (χ0) is 14.6. The Hall–Kier alpha value is -0.380. The summed E-state index contributed by atoms with van der Waals surface area (Å²) < 4.78 is 7.09. The molecule has 0 aromatic heterocycles. The van der Waals surface area contributed by atoms with Crippen LogP contribution in [0, 0.1) is 11.3 Å². The molecular weight excluding hydrogens is 314 g/mol. The van der Waals surface area contributed by atoms with Crippen LogP contribution >= 0.6 is 15.9 Å². The van der Waals surface area contributed by atoms with Gasteiger partial charge in [-0.15, -0.1) is 0 Å². The van der Waals surface area contributed by atoms with Gasteiger partial charge >= 0.3 is 0 Å². The van der Waals surface area contributed by atoms with Crippen molar-refractivity contribution in [2.24, 2.45) is 11.3 Å². The van der Waals surface area contributed by atoms with Crippen LogP contribution in [0.3, 0.4) is 0 Å². The van der Waals surface area contributed by atoms with E-state index in [2.05, 4.69) is 66.3 Å². The summed E-state index contributed by atoms with van der Waals surface area (Å²) in [7, 11) is 0. The summed E-state index contributed by atoms with van der Waals surface area (Å²) in [5.41, 5.74) is 1.61. The molecule has 0 aliphatic carbocycles. The Morgan fingerprint density at radius 3 is 2.75 bits per heavy atom. The first-order chi connectivity index (χ1) is 9.53. The van der Waals surface area contributed by atoms with Crippen molar-refractivity contribution in [3.05, 3.63) is 34.3 Å². The minimum atomic E-state index is 0.221. The maximum Gasteiger partial charge on any atom is 0.0619 e. The normalized spacial score (nSPS) is 26.4. The Balaban J connectivity index is 2.09. The second kappa shape index (κ2) is 7.06. The minimum Gasteiger partial charge on any atom is -0.378 e. The van der Waals surface area contributed by atoms with Crippen LogP contribution in [0.2, 0.25) is 0 Å². The van der Waals surface area contributed by atoms with Gasteiger partial charge in [-0.05, 0) is 43.9 Å². The van der Waals surface area contributed by atoms with E-state index in [9.17, 15) is 0 Å². The van der Waals surface area contributed by atoms with Crippen molar-refractivity contribution in [1.82, 2.24) is 5.32 Å². The molecule has 1 fully saturated rings. The third-order valence-electron chi connectivity index (χ3n) is 4.36. The van der Waals surface area contributed by atoms with Gasteiger partial charge in [-0.25, -0.2) is 0 Å². The van der Waals surface area contributed by atoms with E-state index in [1.807, 2.05) is 0 Å². The summed E-state index contributed by atoms with van der Waals surface area (Å²) in [6, 6.07) is 8.55. The first-order valence-corrected chi connectivity index (χ1v) is 8.38. The van der Waals surface area contributed by atoms with Crippen molar-refractivity contribution < 1.29 is 4.74 Å². The fourth-order valence-corrected chi connectivity index (χ4v) is 3.40. The molecule has 1 aromatic carbocycles. The van der Waals surface area contributed by atoms with Crippen molar-refractivity contribution in [3.8, 4) is 0 Å². The van der Waals surface area contributed by atoms with Crippen LogP contribution in [0.15, 0.2) is 28.7 Å². The minimum absolute atomic E-state index is 0.221. The molecule has 1 N–H and O–H groups in total. The highest BCUT2D eigenvalue weighted by atomic mass is 79.9. The standard InChI is InChI=1S/C17H26BrNO/c1-13(2)11-19-12-17(8-9-20-14(17)3)10-15-6-4-5-7-16(15)18/h4-7,13-14,19H,8-12H2,1-3H3. The summed E-state index contributed by atoms with van der Waals surface area (Å²) in [5.74, 6) is 0.688. The predicted octanol–water partition coefficient (Wildman–Crippen LogP) is 4.03. The van der Waals surface area contributed by atoms with Gasteiger partial charge in [0.2, 0.25) is 0 Å². The molecule has 0 bridgehead atoms. The summed E-state index contributed by atoms with van der Waals surface area (Å²) in [5, 5.41) is 3.64. The van der Waals surface area contributed by atoms with Gasteiger partial charge in [0.25, 0.3) is 0 Å². The zero-order valence-corrected chi connectivity index (χ0v) is 14.4. The van der Waals surface area contributed by atoms with Crippen LogP contribution in [0.4, 0.5) is 0 Å². The lowest BCUT2D eigenvalue weighted by molar-refractivity contribution is 0.0626. The second-order valence-electron chi connectivity index (χ2n) is 6.42. The van der Waals surface area contributed by atoms with Crippen molar-refractivity contribution in [3.63, 3.8) is 0 Å². The molecule has 0 amide bonds. The lowest BCUT2D eigenvalue weighted by Gasteiger charge is -2.33. The molecule has 0 radical (unpaired) electrons. The van der Waals surface area contributed by atoms with Gasteiger partial charge in [-0.1, -0.05) is 48.0 Å². The number of hydrogen-bond acceptors (Lipinski definition) is 2. The Labute approximate surface area is 131 Å². The Morgan fingerprint density at radius 1 is 1.40 bits per heavy atom. The highest BCUT2D eigenvalue weighted by molar-refractivity contribution is 9.10. The first kappa shape index (κ1) is 16.0. The maximum atomic E-state index is 5.88.